The highest BCUT2D eigenvalue weighted by Crippen LogP contribution is 2.25. The summed E-state index contributed by atoms with van der Waals surface area (Å²) in [4.78, 5) is 13.6. The van der Waals surface area contributed by atoms with Crippen LogP contribution in [-0.4, -0.2) is 30.5 Å². The maximum Gasteiger partial charge on any atom is 0.221 e. The minimum atomic E-state index is -0.246. The van der Waals surface area contributed by atoms with E-state index in [1.807, 2.05) is 30.3 Å². The largest absolute Gasteiger partial charge is 0.371 e. The summed E-state index contributed by atoms with van der Waals surface area (Å²) in [6.45, 7) is 4.32. The summed E-state index contributed by atoms with van der Waals surface area (Å²) in [5.74, 6) is -0.328. The number of ether oxygens (including phenoxy) is 1. The highest BCUT2D eigenvalue weighted by Gasteiger charge is 2.23. The number of anilines is 1. The molecule has 1 N–H and O–H groups in total. The van der Waals surface area contributed by atoms with Gasteiger partial charge >= 0.3 is 0 Å². The van der Waals surface area contributed by atoms with Gasteiger partial charge in [-0.3, -0.25) is 9.69 Å². The summed E-state index contributed by atoms with van der Waals surface area (Å²) in [6.07, 6.45) is -0.137. The molecular weight excluding hydrogens is 307 g/mol. The van der Waals surface area contributed by atoms with E-state index in [0.717, 1.165) is 23.4 Å². The van der Waals surface area contributed by atoms with Gasteiger partial charge in [-0.1, -0.05) is 30.3 Å². The molecule has 1 heterocycles. The smallest absolute Gasteiger partial charge is 0.221 e. The minimum Gasteiger partial charge on any atom is -0.371 e. The average molecular weight is 328 g/mol. The fraction of sp³-hybridized carbons (Fsp3) is 0.316. The monoisotopic (exact) mass is 328 g/mol. The van der Waals surface area contributed by atoms with E-state index in [2.05, 4.69) is 10.2 Å². The topological polar surface area (TPSA) is 41.6 Å². The first kappa shape index (κ1) is 16.6. The molecule has 0 bridgehead atoms. The summed E-state index contributed by atoms with van der Waals surface area (Å²) in [5.41, 5.74) is 2.75. The number of benzene rings is 2. The quantitative estimate of drug-likeness (QED) is 0.936. The van der Waals surface area contributed by atoms with Gasteiger partial charge in [0.25, 0.3) is 0 Å². The Bertz CT molecular complexity index is 720. The molecular formula is C19H21FN2O2. The number of nitrogens with one attached hydrogen (secondary N) is 1. The van der Waals surface area contributed by atoms with Gasteiger partial charge in [0.1, 0.15) is 5.82 Å². The summed E-state index contributed by atoms with van der Waals surface area (Å²) >= 11 is 0. The van der Waals surface area contributed by atoms with E-state index in [1.165, 1.54) is 19.1 Å². The molecule has 2 aromatic rings. The van der Waals surface area contributed by atoms with Gasteiger partial charge < -0.3 is 10.1 Å². The van der Waals surface area contributed by atoms with Gasteiger partial charge in [0.15, 0.2) is 0 Å². The maximum atomic E-state index is 13.4. The van der Waals surface area contributed by atoms with Crippen LogP contribution in [0.1, 0.15) is 24.2 Å². The van der Waals surface area contributed by atoms with E-state index in [1.54, 1.807) is 6.07 Å². The number of hydrogen-bond donors (Lipinski definition) is 1. The molecule has 4 nitrogen and oxygen atoms in total. The van der Waals surface area contributed by atoms with Crippen molar-refractivity contribution in [2.24, 2.45) is 0 Å². The number of carbonyl (C=O) groups is 1. The summed E-state index contributed by atoms with van der Waals surface area (Å²) in [7, 11) is 0. The Morgan fingerprint density at radius 3 is 2.92 bits per heavy atom. The standard InChI is InChI=1S/C19H21FN2O2/c1-14(23)21-18-8-3-2-5-16(18)12-22-9-10-24-19(13-22)15-6-4-7-17(20)11-15/h2-8,11,19H,9-10,12-13H2,1H3,(H,21,23). The molecule has 1 fully saturated rings. The second-order valence-corrected chi connectivity index (χ2v) is 5.99. The van der Waals surface area contributed by atoms with Gasteiger partial charge in [0, 0.05) is 32.2 Å². The second kappa shape index (κ2) is 7.55. The van der Waals surface area contributed by atoms with Crippen molar-refractivity contribution in [3.63, 3.8) is 0 Å². The molecule has 0 saturated carbocycles. The predicted octanol–water partition coefficient (Wildman–Crippen LogP) is 3.36. The Balaban J connectivity index is 1.71. The Morgan fingerprint density at radius 2 is 2.12 bits per heavy atom. The molecule has 0 aliphatic carbocycles. The van der Waals surface area contributed by atoms with Gasteiger partial charge in [0.2, 0.25) is 5.91 Å². The molecule has 1 aliphatic rings. The van der Waals surface area contributed by atoms with Crippen LogP contribution in [-0.2, 0) is 16.1 Å². The molecule has 126 valence electrons. The lowest BCUT2D eigenvalue weighted by atomic mass is 10.1. The zero-order valence-electron chi connectivity index (χ0n) is 13.7. The van der Waals surface area contributed by atoms with Crippen LogP contribution in [0.3, 0.4) is 0 Å². The molecule has 24 heavy (non-hydrogen) atoms. The van der Waals surface area contributed by atoms with Gasteiger partial charge in [-0.05, 0) is 29.3 Å². The number of halogens is 1. The number of rotatable bonds is 4. The van der Waals surface area contributed by atoms with Gasteiger partial charge in [0.05, 0.1) is 12.7 Å². The van der Waals surface area contributed by atoms with Crippen LogP contribution in [0, 0.1) is 5.82 Å². The summed E-state index contributed by atoms with van der Waals surface area (Å²) < 4.78 is 19.2. The van der Waals surface area contributed by atoms with E-state index in [9.17, 15) is 9.18 Å². The van der Waals surface area contributed by atoms with Crippen LogP contribution in [0.25, 0.3) is 0 Å². The number of nitrogens with zero attached hydrogens (tertiary/aromatic N) is 1. The zero-order valence-corrected chi connectivity index (χ0v) is 13.7. The number of amides is 1. The SMILES string of the molecule is CC(=O)Nc1ccccc1CN1CCOC(c2cccc(F)c2)C1. The van der Waals surface area contributed by atoms with E-state index in [0.29, 0.717) is 19.7 Å². The zero-order chi connectivity index (χ0) is 16.9. The average Bonchev–Trinajstić information content (AvgIpc) is 2.56. The first-order valence-corrected chi connectivity index (χ1v) is 8.07. The third kappa shape index (κ3) is 4.19. The first-order valence-electron chi connectivity index (χ1n) is 8.07. The molecule has 0 aromatic heterocycles. The molecule has 1 atom stereocenters. The second-order valence-electron chi connectivity index (χ2n) is 5.99. The third-order valence-corrected chi connectivity index (χ3v) is 4.09. The van der Waals surface area contributed by atoms with Crippen LogP contribution in [0.2, 0.25) is 0 Å². The number of morpholine rings is 1. The molecule has 0 spiro atoms. The fourth-order valence-corrected chi connectivity index (χ4v) is 2.97. The Morgan fingerprint density at radius 1 is 1.29 bits per heavy atom. The summed E-state index contributed by atoms with van der Waals surface area (Å²) in [6, 6.07) is 14.3. The molecule has 1 unspecified atom stereocenters. The van der Waals surface area contributed by atoms with Gasteiger partial charge in [-0.25, -0.2) is 4.39 Å². The van der Waals surface area contributed by atoms with Crippen LogP contribution >= 0.6 is 0 Å². The number of hydrogen-bond acceptors (Lipinski definition) is 3. The van der Waals surface area contributed by atoms with E-state index in [4.69, 9.17) is 4.74 Å². The highest BCUT2D eigenvalue weighted by atomic mass is 19.1. The van der Waals surface area contributed by atoms with E-state index in [-0.39, 0.29) is 17.8 Å². The molecule has 1 saturated heterocycles. The van der Waals surface area contributed by atoms with Crippen molar-refractivity contribution in [2.45, 2.75) is 19.6 Å². The summed E-state index contributed by atoms with van der Waals surface area (Å²) in [5, 5.41) is 2.87. The molecule has 5 heteroatoms. The predicted molar refractivity (Wildman–Crippen MR) is 91.1 cm³/mol. The van der Waals surface area contributed by atoms with Crippen molar-refractivity contribution < 1.29 is 13.9 Å². The van der Waals surface area contributed by atoms with Crippen molar-refractivity contribution in [2.75, 3.05) is 25.0 Å². The normalized spacial score (nSPS) is 18.3. The Kier molecular flexibility index (Phi) is 5.23. The van der Waals surface area contributed by atoms with Crippen molar-refractivity contribution in [1.29, 1.82) is 0 Å². The lowest BCUT2D eigenvalue weighted by molar-refractivity contribution is -0.114. The van der Waals surface area contributed by atoms with Crippen molar-refractivity contribution in [1.82, 2.24) is 4.90 Å². The third-order valence-electron chi connectivity index (χ3n) is 4.09. The minimum absolute atomic E-state index is 0.0814. The molecule has 1 amide bonds. The lowest BCUT2D eigenvalue weighted by Crippen LogP contribution is -2.38. The van der Waals surface area contributed by atoms with E-state index >= 15 is 0 Å². The fourth-order valence-electron chi connectivity index (χ4n) is 2.97. The van der Waals surface area contributed by atoms with E-state index < -0.39 is 0 Å². The van der Waals surface area contributed by atoms with Crippen molar-refractivity contribution >= 4 is 11.6 Å². The molecule has 0 radical (unpaired) electrons. The molecule has 3 rings (SSSR count). The molecule has 2 aromatic carbocycles. The van der Waals surface area contributed by atoms with Crippen LogP contribution < -0.4 is 5.32 Å². The Hall–Kier alpha value is -2.24. The lowest BCUT2D eigenvalue weighted by Gasteiger charge is -2.33. The van der Waals surface area contributed by atoms with Crippen molar-refractivity contribution in [3.8, 4) is 0 Å². The number of para-hydroxylation sites is 1. The van der Waals surface area contributed by atoms with Crippen LogP contribution in [0.5, 0.6) is 0 Å². The number of carbonyl (C=O) groups excluding carboxylic acids is 1. The maximum absolute atomic E-state index is 13.4. The van der Waals surface area contributed by atoms with Crippen LogP contribution in [0.15, 0.2) is 48.5 Å². The highest BCUT2D eigenvalue weighted by molar-refractivity contribution is 5.89. The van der Waals surface area contributed by atoms with Crippen LogP contribution in [0.4, 0.5) is 10.1 Å². The van der Waals surface area contributed by atoms with Gasteiger partial charge in [-0.2, -0.15) is 0 Å². The van der Waals surface area contributed by atoms with Gasteiger partial charge in [-0.15, -0.1) is 0 Å². The molecule has 1 aliphatic heterocycles. The Labute approximate surface area is 141 Å². The van der Waals surface area contributed by atoms with Crippen molar-refractivity contribution in [3.05, 3.63) is 65.5 Å². The first-order chi connectivity index (χ1) is 11.6.